The maximum Gasteiger partial charge on any atom is 0.331 e. The molecule has 112 valence electrons. The van der Waals surface area contributed by atoms with E-state index in [-0.39, 0.29) is 0 Å². The Kier molecular flexibility index (Phi) is 6.51. The molecule has 0 saturated heterocycles. The van der Waals surface area contributed by atoms with Gasteiger partial charge in [-0.1, -0.05) is 0 Å². The van der Waals surface area contributed by atoms with Crippen LogP contribution in [0.4, 0.5) is 4.79 Å². The van der Waals surface area contributed by atoms with Crippen molar-refractivity contribution < 1.29 is 19.4 Å². The SMILES string of the molecule is CCOCCCNC(=O)NC(C(=O)O)c1cnn(C)c1. The monoisotopic (exact) mass is 284 g/mol. The number of nitrogens with zero attached hydrogens (tertiary/aromatic N) is 2. The van der Waals surface area contributed by atoms with Crippen molar-refractivity contribution in [3.05, 3.63) is 18.0 Å². The first-order valence-electron chi connectivity index (χ1n) is 6.38. The fourth-order valence-corrected chi connectivity index (χ4v) is 1.58. The van der Waals surface area contributed by atoms with Gasteiger partial charge in [-0.05, 0) is 13.3 Å². The molecule has 1 atom stereocenters. The van der Waals surface area contributed by atoms with E-state index in [0.717, 1.165) is 0 Å². The summed E-state index contributed by atoms with van der Waals surface area (Å²) in [6.07, 6.45) is 3.63. The number of hydrogen-bond donors (Lipinski definition) is 3. The molecule has 20 heavy (non-hydrogen) atoms. The molecular formula is C12H20N4O4. The van der Waals surface area contributed by atoms with Crippen molar-refractivity contribution in [3.63, 3.8) is 0 Å². The third-order valence-corrected chi connectivity index (χ3v) is 2.54. The highest BCUT2D eigenvalue weighted by molar-refractivity contribution is 5.83. The molecule has 0 aliphatic carbocycles. The van der Waals surface area contributed by atoms with Crippen molar-refractivity contribution in [2.75, 3.05) is 19.8 Å². The summed E-state index contributed by atoms with van der Waals surface area (Å²) in [6, 6.07) is -1.65. The minimum atomic E-state index is -1.14. The number of aromatic nitrogens is 2. The zero-order valence-corrected chi connectivity index (χ0v) is 11.6. The predicted octanol–water partition coefficient (Wildman–Crippen LogP) is 0.272. The quantitative estimate of drug-likeness (QED) is 0.594. The predicted molar refractivity (Wildman–Crippen MR) is 71.2 cm³/mol. The van der Waals surface area contributed by atoms with Crippen LogP contribution in [0.15, 0.2) is 12.4 Å². The van der Waals surface area contributed by atoms with Crippen molar-refractivity contribution in [1.82, 2.24) is 20.4 Å². The smallest absolute Gasteiger partial charge is 0.331 e. The fourth-order valence-electron chi connectivity index (χ4n) is 1.58. The molecular weight excluding hydrogens is 264 g/mol. The molecule has 0 aromatic carbocycles. The van der Waals surface area contributed by atoms with Crippen LogP contribution in [0.2, 0.25) is 0 Å². The molecule has 0 fully saturated rings. The van der Waals surface area contributed by atoms with Crippen LogP contribution in [0.25, 0.3) is 0 Å². The normalized spacial score (nSPS) is 11.9. The lowest BCUT2D eigenvalue weighted by molar-refractivity contribution is -0.139. The van der Waals surface area contributed by atoms with Gasteiger partial charge in [-0.2, -0.15) is 5.10 Å². The van der Waals surface area contributed by atoms with Crippen LogP contribution in [0.1, 0.15) is 24.9 Å². The number of hydrogen-bond acceptors (Lipinski definition) is 4. The van der Waals surface area contributed by atoms with Crippen molar-refractivity contribution in [2.45, 2.75) is 19.4 Å². The molecule has 1 heterocycles. The van der Waals surface area contributed by atoms with Gasteiger partial charge >= 0.3 is 12.0 Å². The van der Waals surface area contributed by atoms with Crippen molar-refractivity contribution in [1.29, 1.82) is 0 Å². The highest BCUT2D eigenvalue weighted by atomic mass is 16.5. The average molecular weight is 284 g/mol. The van der Waals surface area contributed by atoms with E-state index in [9.17, 15) is 9.59 Å². The highest BCUT2D eigenvalue weighted by Crippen LogP contribution is 2.11. The van der Waals surface area contributed by atoms with E-state index in [4.69, 9.17) is 9.84 Å². The maximum absolute atomic E-state index is 11.6. The van der Waals surface area contributed by atoms with Gasteiger partial charge in [0.05, 0.1) is 6.20 Å². The number of urea groups is 1. The number of nitrogens with one attached hydrogen (secondary N) is 2. The third kappa shape index (κ3) is 5.27. The summed E-state index contributed by atoms with van der Waals surface area (Å²) in [4.78, 5) is 22.8. The molecule has 1 aromatic heterocycles. The summed E-state index contributed by atoms with van der Waals surface area (Å²) in [5.74, 6) is -1.14. The molecule has 1 unspecified atom stereocenters. The second kappa shape index (κ2) is 8.16. The molecule has 0 bridgehead atoms. The van der Waals surface area contributed by atoms with Crippen LogP contribution >= 0.6 is 0 Å². The Bertz CT molecular complexity index is 446. The number of carboxylic acids is 1. The summed E-state index contributed by atoms with van der Waals surface area (Å²) in [5, 5.41) is 18.0. The highest BCUT2D eigenvalue weighted by Gasteiger charge is 2.23. The first-order chi connectivity index (χ1) is 9.54. The Balaban J connectivity index is 2.42. The second-order valence-corrected chi connectivity index (χ2v) is 4.17. The van der Waals surface area contributed by atoms with E-state index >= 15 is 0 Å². The Hall–Kier alpha value is -2.09. The molecule has 8 nitrogen and oxygen atoms in total. The number of aliphatic carboxylic acids is 1. The Labute approximate surface area is 117 Å². The minimum absolute atomic E-state index is 0.421. The topological polar surface area (TPSA) is 105 Å². The molecule has 1 aromatic rings. The largest absolute Gasteiger partial charge is 0.479 e. The van der Waals surface area contributed by atoms with Gasteiger partial charge in [0.1, 0.15) is 0 Å². The lowest BCUT2D eigenvalue weighted by Crippen LogP contribution is -2.41. The average Bonchev–Trinajstić information content (AvgIpc) is 2.81. The van der Waals surface area contributed by atoms with Crippen LogP contribution in [0, 0.1) is 0 Å². The molecule has 2 amide bonds. The molecule has 0 saturated carbocycles. The molecule has 0 aliphatic rings. The Morgan fingerprint density at radius 1 is 1.55 bits per heavy atom. The van der Waals surface area contributed by atoms with Crippen LogP contribution < -0.4 is 10.6 Å². The second-order valence-electron chi connectivity index (χ2n) is 4.17. The molecule has 1 rings (SSSR count). The third-order valence-electron chi connectivity index (χ3n) is 2.54. The minimum Gasteiger partial charge on any atom is -0.479 e. The zero-order valence-electron chi connectivity index (χ0n) is 11.6. The van der Waals surface area contributed by atoms with Gasteiger partial charge in [0.25, 0.3) is 0 Å². The van der Waals surface area contributed by atoms with Gasteiger partial charge in [-0.3, -0.25) is 4.68 Å². The number of rotatable bonds is 8. The lowest BCUT2D eigenvalue weighted by atomic mass is 10.1. The van der Waals surface area contributed by atoms with Crippen molar-refractivity contribution in [3.8, 4) is 0 Å². The molecule has 0 radical (unpaired) electrons. The summed E-state index contributed by atoms with van der Waals surface area (Å²) >= 11 is 0. The van der Waals surface area contributed by atoms with E-state index in [0.29, 0.717) is 31.7 Å². The lowest BCUT2D eigenvalue weighted by Gasteiger charge is -2.13. The van der Waals surface area contributed by atoms with Gasteiger partial charge in [-0.25, -0.2) is 9.59 Å². The number of amides is 2. The summed E-state index contributed by atoms with van der Waals surface area (Å²) in [5.41, 5.74) is 0.421. The number of carboxylic acid groups (broad SMARTS) is 1. The van der Waals surface area contributed by atoms with Crippen LogP contribution in [0.3, 0.4) is 0 Å². The van der Waals surface area contributed by atoms with E-state index in [2.05, 4.69) is 15.7 Å². The van der Waals surface area contributed by atoms with E-state index in [1.807, 2.05) is 6.92 Å². The molecule has 3 N–H and O–H groups in total. The van der Waals surface area contributed by atoms with Gasteiger partial charge in [0, 0.05) is 38.6 Å². The van der Waals surface area contributed by atoms with Crippen molar-refractivity contribution >= 4 is 12.0 Å². The number of carbonyl (C=O) groups is 2. The first kappa shape index (κ1) is 16.0. The first-order valence-corrected chi connectivity index (χ1v) is 6.38. The van der Waals surface area contributed by atoms with Gasteiger partial charge in [0.2, 0.25) is 0 Å². The molecule has 0 spiro atoms. The number of carbonyl (C=O) groups excluding carboxylic acids is 1. The van der Waals surface area contributed by atoms with E-state index in [1.54, 1.807) is 13.2 Å². The van der Waals surface area contributed by atoms with Crippen LogP contribution in [0.5, 0.6) is 0 Å². The molecule has 8 heteroatoms. The summed E-state index contributed by atoms with van der Waals surface area (Å²) in [6.45, 7) is 3.51. The maximum atomic E-state index is 11.6. The fraction of sp³-hybridized carbons (Fsp3) is 0.583. The standard InChI is InChI=1S/C12H20N4O4/c1-3-20-6-4-5-13-12(19)15-10(11(17)18)9-7-14-16(2)8-9/h7-8,10H,3-6H2,1-2H3,(H,17,18)(H2,13,15,19). The van der Waals surface area contributed by atoms with Crippen LogP contribution in [-0.4, -0.2) is 46.6 Å². The van der Waals surface area contributed by atoms with Gasteiger partial charge < -0.3 is 20.5 Å². The zero-order chi connectivity index (χ0) is 15.0. The number of aryl methyl sites for hydroxylation is 1. The Morgan fingerprint density at radius 3 is 2.85 bits per heavy atom. The summed E-state index contributed by atoms with van der Waals surface area (Å²) in [7, 11) is 1.68. The summed E-state index contributed by atoms with van der Waals surface area (Å²) < 4.78 is 6.61. The number of ether oxygens (including phenoxy) is 1. The Morgan fingerprint density at radius 2 is 2.30 bits per heavy atom. The van der Waals surface area contributed by atoms with E-state index < -0.39 is 18.0 Å². The van der Waals surface area contributed by atoms with Gasteiger partial charge in [-0.15, -0.1) is 0 Å². The van der Waals surface area contributed by atoms with Crippen molar-refractivity contribution in [2.24, 2.45) is 7.05 Å². The van der Waals surface area contributed by atoms with Crippen LogP contribution in [-0.2, 0) is 16.6 Å². The molecule has 0 aliphatic heterocycles. The van der Waals surface area contributed by atoms with E-state index in [1.165, 1.54) is 10.9 Å². The van der Waals surface area contributed by atoms with Gasteiger partial charge in [0.15, 0.2) is 6.04 Å².